The van der Waals surface area contributed by atoms with Crippen molar-refractivity contribution in [2.24, 2.45) is 0 Å². The molecule has 0 spiro atoms. The predicted octanol–water partition coefficient (Wildman–Crippen LogP) is 2.37. The van der Waals surface area contributed by atoms with Gasteiger partial charge in [-0.3, -0.25) is 4.40 Å². The van der Waals surface area contributed by atoms with Crippen LogP contribution in [0.1, 0.15) is 17.0 Å². The van der Waals surface area contributed by atoms with E-state index in [9.17, 15) is 0 Å². The molecule has 0 saturated carbocycles. The minimum absolute atomic E-state index is 0.872. The Hall–Kier alpha value is -2.20. The van der Waals surface area contributed by atoms with Gasteiger partial charge in [-0.1, -0.05) is 30.3 Å². The smallest absolute Gasteiger partial charge is 0.160 e. The van der Waals surface area contributed by atoms with Gasteiger partial charge in [0, 0.05) is 25.7 Å². The van der Waals surface area contributed by atoms with E-state index < -0.39 is 0 Å². The van der Waals surface area contributed by atoms with Gasteiger partial charge in [0.1, 0.15) is 5.82 Å². The van der Waals surface area contributed by atoms with Crippen LogP contribution in [0.4, 0.5) is 0 Å². The van der Waals surface area contributed by atoms with Crippen molar-refractivity contribution in [1.29, 1.82) is 0 Å². The number of nitrogens with one attached hydrogen (secondary N) is 1. The van der Waals surface area contributed by atoms with Crippen molar-refractivity contribution in [3.63, 3.8) is 0 Å². The van der Waals surface area contributed by atoms with Crippen LogP contribution < -0.4 is 5.32 Å². The fourth-order valence-corrected chi connectivity index (χ4v) is 2.29. The Labute approximate surface area is 118 Å². The lowest BCUT2D eigenvalue weighted by Crippen LogP contribution is -2.18. The first-order valence-corrected chi connectivity index (χ1v) is 6.88. The van der Waals surface area contributed by atoms with Crippen molar-refractivity contribution in [2.75, 3.05) is 6.54 Å². The Morgan fingerprint density at radius 1 is 1.05 bits per heavy atom. The van der Waals surface area contributed by atoms with E-state index >= 15 is 0 Å². The van der Waals surface area contributed by atoms with Gasteiger partial charge >= 0.3 is 0 Å². The molecule has 102 valence electrons. The average molecular weight is 266 g/mol. The second-order valence-corrected chi connectivity index (χ2v) is 4.90. The van der Waals surface area contributed by atoms with Gasteiger partial charge in [0.2, 0.25) is 0 Å². The largest absolute Gasteiger partial charge is 0.312 e. The zero-order chi connectivity index (χ0) is 13.8. The molecule has 3 rings (SSSR count). The molecular formula is C16H18N4. The second kappa shape index (κ2) is 5.84. The maximum Gasteiger partial charge on any atom is 0.160 e. The van der Waals surface area contributed by atoms with Crippen molar-refractivity contribution in [1.82, 2.24) is 19.9 Å². The number of aryl methyl sites for hydroxylation is 1. The van der Waals surface area contributed by atoms with Gasteiger partial charge in [-0.25, -0.2) is 0 Å². The molecule has 0 radical (unpaired) electrons. The van der Waals surface area contributed by atoms with E-state index in [0.717, 1.165) is 31.0 Å². The van der Waals surface area contributed by atoms with Crippen molar-refractivity contribution in [3.8, 4) is 0 Å². The van der Waals surface area contributed by atoms with Crippen molar-refractivity contribution in [2.45, 2.75) is 19.9 Å². The van der Waals surface area contributed by atoms with E-state index in [1.54, 1.807) is 0 Å². The molecule has 0 fully saturated rings. The van der Waals surface area contributed by atoms with Gasteiger partial charge in [0.15, 0.2) is 5.65 Å². The van der Waals surface area contributed by atoms with Crippen LogP contribution in [0, 0.1) is 6.92 Å². The predicted molar refractivity (Wildman–Crippen MR) is 79.6 cm³/mol. The third-order valence-corrected chi connectivity index (χ3v) is 3.49. The average Bonchev–Trinajstić information content (AvgIpc) is 2.89. The summed E-state index contributed by atoms with van der Waals surface area (Å²) in [6.45, 7) is 3.93. The van der Waals surface area contributed by atoms with Crippen LogP contribution in [0.25, 0.3) is 5.65 Å². The third-order valence-electron chi connectivity index (χ3n) is 3.49. The SMILES string of the molecule is Cc1ccccc1CNCCc1nnc2ccccn12. The number of pyridine rings is 1. The van der Waals surface area contributed by atoms with E-state index in [4.69, 9.17) is 0 Å². The summed E-state index contributed by atoms with van der Waals surface area (Å²) < 4.78 is 2.04. The lowest BCUT2D eigenvalue weighted by atomic mass is 10.1. The van der Waals surface area contributed by atoms with E-state index in [1.165, 1.54) is 11.1 Å². The highest BCUT2D eigenvalue weighted by Crippen LogP contribution is 2.06. The van der Waals surface area contributed by atoms with Crippen molar-refractivity contribution in [3.05, 3.63) is 65.6 Å². The minimum atomic E-state index is 0.872. The lowest BCUT2D eigenvalue weighted by molar-refractivity contribution is 0.665. The lowest BCUT2D eigenvalue weighted by Gasteiger charge is -2.07. The Balaban J connectivity index is 1.57. The Kier molecular flexibility index (Phi) is 3.74. The van der Waals surface area contributed by atoms with Crippen LogP contribution >= 0.6 is 0 Å². The number of nitrogens with zero attached hydrogens (tertiary/aromatic N) is 3. The van der Waals surface area contributed by atoms with Crippen molar-refractivity contribution < 1.29 is 0 Å². The zero-order valence-corrected chi connectivity index (χ0v) is 11.6. The number of hydrogen-bond donors (Lipinski definition) is 1. The fraction of sp³-hybridized carbons (Fsp3) is 0.250. The van der Waals surface area contributed by atoms with Crippen molar-refractivity contribution >= 4 is 5.65 Å². The highest BCUT2D eigenvalue weighted by atomic mass is 15.2. The van der Waals surface area contributed by atoms with E-state index in [0.29, 0.717) is 0 Å². The molecule has 4 nitrogen and oxygen atoms in total. The second-order valence-electron chi connectivity index (χ2n) is 4.90. The molecule has 1 N–H and O–H groups in total. The summed E-state index contributed by atoms with van der Waals surface area (Å²) in [5.41, 5.74) is 3.58. The van der Waals surface area contributed by atoms with Gasteiger partial charge in [0.05, 0.1) is 0 Å². The van der Waals surface area contributed by atoms with Crippen LogP contribution in [-0.4, -0.2) is 21.1 Å². The molecule has 3 aromatic rings. The molecule has 0 aliphatic heterocycles. The van der Waals surface area contributed by atoms with Crippen LogP contribution in [0.2, 0.25) is 0 Å². The van der Waals surface area contributed by atoms with Gasteiger partial charge in [0.25, 0.3) is 0 Å². The number of aromatic nitrogens is 3. The topological polar surface area (TPSA) is 42.2 Å². The van der Waals surface area contributed by atoms with Crippen LogP contribution in [-0.2, 0) is 13.0 Å². The molecule has 20 heavy (non-hydrogen) atoms. The Morgan fingerprint density at radius 2 is 1.90 bits per heavy atom. The van der Waals surface area contributed by atoms with Gasteiger partial charge < -0.3 is 5.32 Å². The fourth-order valence-electron chi connectivity index (χ4n) is 2.29. The van der Waals surface area contributed by atoms with Gasteiger partial charge in [-0.15, -0.1) is 10.2 Å². The number of fused-ring (bicyclic) bond motifs is 1. The molecule has 2 aromatic heterocycles. The summed E-state index contributed by atoms with van der Waals surface area (Å²) >= 11 is 0. The summed E-state index contributed by atoms with van der Waals surface area (Å²) in [6.07, 6.45) is 2.88. The minimum Gasteiger partial charge on any atom is -0.312 e. The molecule has 1 aromatic carbocycles. The Bertz CT molecular complexity index is 702. The molecule has 0 aliphatic rings. The molecule has 0 atom stereocenters. The van der Waals surface area contributed by atoms with Crippen LogP contribution in [0.5, 0.6) is 0 Å². The molecule has 0 bridgehead atoms. The zero-order valence-electron chi connectivity index (χ0n) is 11.6. The first-order valence-electron chi connectivity index (χ1n) is 6.88. The highest BCUT2D eigenvalue weighted by molar-refractivity contribution is 5.37. The molecule has 0 saturated heterocycles. The van der Waals surface area contributed by atoms with Crippen LogP contribution in [0.15, 0.2) is 48.7 Å². The standard InChI is InChI=1S/C16H18N4/c1-13-6-2-3-7-14(13)12-17-10-9-16-19-18-15-8-4-5-11-20(15)16/h2-8,11,17H,9-10,12H2,1H3. The summed E-state index contributed by atoms with van der Waals surface area (Å²) in [7, 11) is 0. The third kappa shape index (κ3) is 2.70. The first-order chi connectivity index (χ1) is 9.84. The quantitative estimate of drug-likeness (QED) is 0.721. The molecule has 2 heterocycles. The van der Waals surface area contributed by atoms with Gasteiger partial charge in [-0.05, 0) is 30.2 Å². The number of benzene rings is 1. The summed E-state index contributed by atoms with van der Waals surface area (Å²) in [6, 6.07) is 14.4. The molecule has 0 amide bonds. The Morgan fingerprint density at radius 3 is 2.80 bits per heavy atom. The number of rotatable bonds is 5. The molecular weight excluding hydrogens is 248 g/mol. The summed E-state index contributed by atoms with van der Waals surface area (Å²) in [5, 5.41) is 11.8. The highest BCUT2D eigenvalue weighted by Gasteiger charge is 2.03. The molecule has 4 heteroatoms. The maximum atomic E-state index is 4.23. The number of hydrogen-bond acceptors (Lipinski definition) is 3. The van der Waals surface area contributed by atoms with E-state index in [-0.39, 0.29) is 0 Å². The van der Waals surface area contributed by atoms with E-state index in [2.05, 4.69) is 46.7 Å². The normalized spacial score (nSPS) is 11.1. The van der Waals surface area contributed by atoms with Gasteiger partial charge in [-0.2, -0.15) is 0 Å². The summed E-state index contributed by atoms with van der Waals surface area (Å²) in [5.74, 6) is 0.998. The summed E-state index contributed by atoms with van der Waals surface area (Å²) in [4.78, 5) is 0. The molecule has 0 unspecified atom stereocenters. The monoisotopic (exact) mass is 266 g/mol. The maximum absolute atomic E-state index is 4.23. The first kappa shape index (κ1) is 12.8. The van der Waals surface area contributed by atoms with E-state index in [1.807, 2.05) is 28.8 Å². The van der Waals surface area contributed by atoms with Crippen LogP contribution in [0.3, 0.4) is 0 Å². The molecule has 0 aliphatic carbocycles.